The summed E-state index contributed by atoms with van der Waals surface area (Å²) in [4.78, 5) is 35.9. The molecule has 1 aromatic carbocycles. The maximum Gasteiger partial charge on any atom is 0.338 e. The predicted molar refractivity (Wildman–Crippen MR) is 106 cm³/mol. The van der Waals surface area contributed by atoms with Gasteiger partial charge in [-0.25, -0.2) is 4.79 Å². The Balaban J connectivity index is 2.01. The average Bonchev–Trinajstić information content (AvgIpc) is 2.94. The SMILES string of the molecule is COCCCn1c(C)cc(C(=O)COC(=O)c2cccc(NC(C)=O)c2)c1C. The van der Waals surface area contributed by atoms with Crippen molar-refractivity contribution in [2.45, 2.75) is 33.7 Å². The van der Waals surface area contributed by atoms with Gasteiger partial charge in [-0.2, -0.15) is 0 Å². The highest BCUT2D eigenvalue weighted by Crippen LogP contribution is 2.17. The van der Waals surface area contributed by atoms with Crippen molar-refractivity contribution in [1.29, 1.82) is 0 Å². The topological polar surface area (TPSA) is 86.6 Å². The van der Waals surface area contributed by atoms with Crippen LogP contribution in [0.15, 0.2) is 30.3 Å². The van der Waals surface area contributed by atoms with Crippen molar-refractivity contribution in [1.82, 2.24) is 4.57 Å². The van der Waals surface area contributed by atoms with E-state index in [1.165, 1.54) is 13.0 Å². The third-order valence-corrected chi connectivity index (χ3v) is 4.36. The molecule has 0 bridgehead atoms. The summed E-state index contributed by atoms with van der Waals surface area (Å²) in [6.07, 6.45) is 0.847. The zero-order chi connectivity index (χ0) is 20.7. The Kier molecular flexibility index (Phi) is 7.52. The second-order valence-corrected chi connectivity index (χ2v) is 6.54. The van der Waals surface area contributed by atoms with Gasteiger partial charge in [-0.15, -0.1) is 0 Å². The molecule has 0 aliphatic carbocycles. The molecule has 7 heteroatoms. The second-order valence-electron chi connectivity index (χ2n) is 6.54. The van der Waals surface area contributed by atoms with Crippen molar-refractivity contribution >= 4 is 23.3 Å². The van der Waals surface area contributed by atoms with E-state index >= 15 is 0 Å². The molecule has 0 unspecified atom stereocenters. The summed E-state index contributed by atoms with van der Waals surface area (Å²) in [7, 11) is 1.66. The van der Waals surface area contributed by atoms with E-state index in [0.29, 0.717) is 17.9 Å². The van der Waals surface area contributed by atoms with Gasteiger partial charge in [0, 0.05) is 49.8 Å². The van der Waals surface area contributed by atoms with Gasteiger partial charge in [0.15, 0.2) is 6.61 Å². The van der Waals surface area contributed by atoms with Gasteiger partial charge in [0.25, 0.3) is 0 Å². The van der Waals surface area contributed by atoms with E-state index in [2.05, 4.69) is 9.88 Å². The molecule has 0 fully saturated rings. The Morgan fingerprint density at radius 1 is 1.14 bits per heavy atom. The molecule has 0 aliphatic heterocycles. The Labute approximate surface area is 164 Å². The fraction of sp³-hybridized carbons (Fsp3) is 0.381. The molecule has 0 aliphatic rings. The van der Waals surface area contributed by atoms with E-state index < -0.39 is 5.97 Å². The van der Waals surface area contributed by atoms with Gasteiger partial charge in [0.2, 0.25) is 11.7 Å². The highest BCUT2D eigenvalue weighted by molar-refractivity contribution is 6.00. The molecule has 0 saturated heterocycles. The lowest BCUT2D eigenvalue weighted by Crippen LogP contribution is -2.15. The Hall–Kier alpha value is -2.93. The molecule has 1 N–H and O–H groups in total. The first-order valence-corrected chi connectivity index (χ1v) is 9.07. The zero-order valence-electron chi connectivity index (χ0n) is 16.7. The largest absolute Gasteiger partial charge is 0.454 e. The molecule has 1 heterocycles. The molecule has 2 aromatic rings. The summed E-state index contributed by atoms with van der Waals surface area (Å²) in [5.74, 6) is -1.10. The number of hydrogen-bond acceptors (Lipinski definition) is 5. The van der Waals surface area contributed by atoms with E-state index in [1.54, 1.807) is 25.3 Å². The number of Topliss-reactive ketones (excluding diaryl/α,β-unsaturated/α-hetero) is 1. The monoisotopic (exact) mass is 386 g/mol. The molecule has 2 rings (SSSR count). The summed E-state index contributed by atoms with van der Waals surface area (Å²) >= 11 is 0. The summed E-state index contributed by atoms with van der Waals surface area (Å²) < 4.78 is 12.3. The zero-order valence-corrected chi connectivity index (χ0v) is 16.7. The van der Waals surface area contributed by atoms with E-state index in [-0.39, 0.29) is 23.9 Å². The number of nitrogens with one attached hydrogen (secondary N) is 1. The lowest BCUT2D eigenvalue weighted by atomic mass is 10.1. The van der Waals surface area contributed by atoms with Crippen molar-refractivity contribution in [3.63, 3.8) is 0 Å². The number of carbonyl (C=O) groups is 3. The number of methoxy groups -OCH3 is 1. The van der Waals surface area contributed by atoms with Gasteiger partial charge in [-0.3, -0.25) is 9.59 Å². The highest BCUT2D eigenvalue weighted by Gasteiger charge is 2.18. The number of benzene rings is 1. The molecule has 28 heavy (non-hydrogen) atoms. The second kappa shape index (κ2) is 9.85. The van der Waals surface area contributed by atoms with Crippen molar-refractivity contribution in [3.8, 4) is 0 Å². The summed E-state index contributed by atoms with van der Waals surface area (Å²) in [5.41, 5.74) is 3.14. The van der Waals surface area contributed by atoms with Gasteiger partial charge in [-0.05, 0) is 44.5 Å². The number of aryl methyl sites for hydroxylation is 1. The molecule has 1 aromatic heterocycles. The number of aromatic nitrogens is 1. The van der Waals surface area contributed by atoms with Gasteiger partial charge in [-0.1, -0.05) is 6.07 Å². The van der Waals surface area contributed by atoms with Gasteiger partial charge in [0.05, 0.1) is 5.56 Å². The third-order valence-electron chi connectivity index (χ3n) is 4.36. The lowest BCUT2D eigenvalue weighted by molar-refractivity contribution is -0.114. The summed E-state index contributed by atoms with van der Waals surface area (Å²) in [6.45, 7) is 6.27. The van der Waals surface area contributed by atoms with Crippen LogP contribution in [0.4, 0.5) is 5.69 Å². The number of ketones is 1. The van der Waals surface area contributed by atoms with Crippen LogP contribution in [0.1, 0.15) is 45.4 Å². The van der Waals surface area contributed by atoms with E-state index in [1.807, 2.05) is 19.9 Å². The first kappa shape index (κ1) is 21.4. The first-order valence-electron chi connectivity index (χ1n) is 9.07. The fourth-order valence-corrected chi connectivity index (χ4v) is 3.01. The van der Waals surface area contributed by atoms with Crippen LogP contribution >= 0.6 is 0 Å². The number of anilines is 1. The maximum atomic E-state index is 12.5. The summed E-state index contributed by atoms with van der Waals surface area (Å²) in [6, 6.07) is 8.20. The van der Waals surface area contributed by atoms with Crippen molar-refractivity contribution < 1.29 is 23.9 Å². The minimum Gasteiger partial charge on any atom is -0.454 e. The maximum absolute atomic E-state index is 12.5. The molecule has 0 radical (unpaired) electrons. The third kappa shape index (κ3) is 5.53. The minimum atomic E-state index is -0.616. The number of esters is 1. The van der Waals surface area contributed by atoms with Crippen LogP contribution in [0, 0.1) is 13.8 Å². The molecule has 0 spiro atoms. The molecule has 150 valence electrons. The standard InChI is InChI=1S/C21H26N2O5/c1-14-11-19(15(2)23(14)9-6-10-27-4)20(25)13-28-21(26)17-7-5-8-18(12-17)22-16(3)24/h5,7-8,11-12H,6,9-10,13H2,1-4H3,(H,22,24). The highest BCUT2D eigenvalue weighted by atomic mass is 16.5. The van der Waals surface area contributed by atoms with Crippen LogP contribution in [0.5, 0.6) is 0 Å². The van der Waals surface area contributed by atoms with Crippen molar-refractivity contribution in [3.05, 3.63) is 52.8 Å². The minimum absolute atomic E-state index is 0.235. The van der Waals surface area contributed by atoms with Gasteiger partial charge < -0.3 is 19.4 Å². The number of nitrogens with zero attached hydrogens (tertiary/aromatic N) is 1. The van der Waals surface area contributed by atoms with Gasteiger partial charge in [0.1, 0.15) is 0 Å². The molecule has 1 amide bonds. The van der Waals surface area contributed by atoms with Crippen LogP contribution in [-0.2, 0) is 20.8 Å². The molecule has 0 saturated carbocycles. The van der Waals surface area contributed by atoms with Crippen LogP contribution < -0.4 is 5.32 Å². The Morgan fingerprint density at radius 2 is 1.89 bits per heavy atom. The van der Waals surface area contributed by atoms with E-state index in [4.69, 9.17) is 9.47 Å². The van der Waals surface area contributed by atoms with Crippen LogP contribution in [0.2, 0.25) is 0 Å². The van der Waals surface area contributed by atoms with E-state index in [0.717, 1.165) is 24.4 Å². The number of carbonyl (C=O) groups excluding carboxylic acids is 3. The number of rotatable bonds is 9. The van der Waals surface area contributed by atoms with Crippen molar-refractivity contribution in [2.24, 2.45) is 0 Å². The number of ether oxygens (including phenoxy) is 2. The predicted octanol–water partition coefficient (Wildman–Crippen LogP) is 3.14. The van der Waals surface area contributed by atoms with Crippen LogP contribution in [-0.4, -0.2) is 42.6 Å². The molecule has 7 nitrogen and oxygen atoms in total. The number of hydrogen-bond donors (Lipinski definition) is 1. The normalized spacial score (nSPS) is 10.6. The average molecular weight is 386 g/mol. The quantitative estimate of drug-likeness (QED) is 0.406. The first-order chi connectivity index (χ1) is 13.3. The lowest BCUT2D eigenvalue weighted by Gasteiger charge is -2.09. The fourth-order valence-electron chi connectivity index (χ4n) is 3.01. The van der Waals surface area contributed by atoms with Crippen molar-refractivity contribution in [2.75, 3.05) is 25.6 Å². The Bertz CT molecular complexity index is 870. The molecular weight excluding hydrogens is 360 g/mol. The molecule has 0 atom stereocenters. The van der Waals surface area contributed by atoms with E-state index in [9.17, 15) is 14.4 Å². The van der Waals surface area contributed by atoms with Crippen LogP contribution in [0.25, 0.3) is 0 Å². The molecular formula is C21H26N2O5. The number of amides is 1. The van der Waals surface area contributed by atoms with Gasteiger partial charge >= 0.3 is 5.97 Å². The smallest absolute Gasteiger partial charge is 0.338 e. The summed E-state index contributed by atoms with van der Waals surface area (Å²) in [5, 5.41) is 2.60. The van der Waals surface area contributed by atoms with Crippen LogP contribution in [0.3, 0.4) is 0 Å². The Morgan fingerprint density at radius 3 is 2.57 bits per heavy atom.